The number of carbonyl (C=O) groups excluding carboxylic acids is 1. The maximum atomic E-state index is 13.6. The quantitative estimate of drug-likeness (QED) is 0.538. The monoisotopic (exact) mass is 539 g/mol. The lowest BCUT2D eigenvalue weighted by Crippen LogP contribution is -2.49. The van der Waals surface area contributed by atoms with Crippen LogP contribution < -0.4 is 9.80 Å². The molecular weight excluding hydrogens is 509 g/mol. The second kappa shape index (κ2) is 10.9. The van der Waals surface area contributed by atoms with Crippen LogP contribution in [0.4, 0.5) is 11.4 Å². The van der Waals surface area contributed by atoms with E-state index in [1.807, 2.05) is 12.1 Å². The predicted octanol–water partition coefficient (Wildman–Crippen LogP) is 4.50. The summed E-state index contributed by atoms with van der Waals surface area (Å²) in [5, 5.41) is 1.10. The number of rotatable bonds is 6. The van der Waals surface area contributed by atoms with Crippen LogP contribution in [0.2, 0.25) is 10.0 Å². The summed E-state index contributed by atoms with van der Waals surface area (Å²) in [6.45, 7) is 4.33. The lowest BCUT2D eigenvalue weighted by molar-refractivity contribution is 0.0747. The number of amides is 1. The third-order valence-electron chi connectivity index (χ3n) is 6.67. The van der Waals surface area contributed by atoms with Gasteiger partial charge in [0.2, 0.25) is 0 Å². The molecular formula is C25H31Cl2N3O4S. The third kappa shape index (κ3) is 5.88. The minimum absolute atomic E-state index is 0.137. The third-order valence-corrected chi connectivity index (χ3v) is 8.45. The lowest BCUT2D eigenvalue weighted by Gasteiger charge is -2.37. The number of hydrogen-bond donors (Lipinski definition) is 0. The first-order valence-corrected chi connectivity index (χ1v) is 14.4. The molecule has 2 heterocycles. The fourth-order valence-electron chi connectivity index (χ4n) is 4.72. The van der Waals surface area contributed by atoms with Gasteiger partial charge in [0, 0.05) is 79.6 Å². The number of carbonyl (C=O) groups is 1. The van der Waals surface area contributed by atoms with E-state index in [0.29, 0.717) is 48.4 Å². The Morgan fingerprint density at radius 2 is 1.54 bits per heavy atom. The van der Waals surface area contributed by atoms with E-state index < -0.39 is 9.84 Å². The fraction of sp³-hybridized carbons (Fsp3) is 0.480. The smallest absolute Gasteiger partial charge is 0.256 e. The van der Waals surface area contributed by atoms with Crippen LogP contribution in [0.15, 0.2) is 35.2 Å². The number of benzene rings is 2. The molecule has 10 heteroatoms. The molecule has 2 aliphatic heterocycles. The van der Waals surface area contributed by atoms with Gasteiger partial charge in [-0.1, -0.05) is 23.2 Å². The van der Waals surface area contributed by atoms with Crippen LogP contribution in [0.5, 0.6) is 0 Å². The molecule has 1 amide bonds. The van der Waals surface area contributed by atoms with E-state index in [1.165, 1.54) is 12.7 Å². The molecule has 0 spiro atoms. The molecule has 7 nitrogen and oxygen atoms in total. The van der Waals surface area contributed by atoms with Crippen LogP contribution in [0.1, 0.15) is 35.2 Å². The standard InChI is InChI=1S/C25H31Cl2N3O4S/c1-34-17-21-22(26)14-18(15-23(21)27)28-10-12-30(13-11-28)25(31)20-16-19(35(2,32)33)6-7-24(20)29-8-4-3-5-9-29/h6-7,14-16H,3-5,8-13,17H2,1-2H3. The Balaban J connectivity index is 1.54. The van der Waals surface area contributed by atoms with Gasteiger partial charge in [0.15, 0.2) is 9.84 Å². The minimum Gasteiger partial charge on any atom is -0.380 e. The average molecular weight is 541 g/mol. The van der Waals surface area contributed by atoms with Crippen molar-refractivity contribution in [2.45, 2.75) is 30.8 Å². The Hall–Kier alpha value is -2.00. The number of nitrogens with zero attached hydrogens (tertiary/aromatic N) is 3. The van der Waals surface area contributed by atoms with E-state index in [4.69, 9.17) is 27.9 Å². The maximum Gasteiger partial charge on any atom is 0.256 e. The number of halogens is 2. The molecule has 0 saturated carbocycles. The zero-order chi connectivity index (χ0) is 25.2. The van der Waals surface area contributed by atoms with Crippen molar-refractivity contribution < 1.29 is 17.9 Å². The van der Waals surface area contributed by atoms with Gasteiger partial charge in [0.25, 0.3) is 5.91 Å². The number of anilines is 2. The molecule has 0 aromatic heterocycles. The summed E-state index contributed by atoms with van der Waals surface area (Å²) >= 11 is 12.9. The van der Waals surface area contributed by atoms with Gasteiger partial charge in [-0.2, -0.15) is 0 Å². The number of sulfone groups is 1. The SMILES string of the molecule is COCc1c(Cl)cc(N2CCN(C(=O)c3cc(S(C)(=O)=O)ccc3N3CCCCC3)CC2)cc1Cl. The van der Waals surface area contributed by atoms with Crippen molar-refractivity contribution in [3.63, 3.8) is 0 Å². The number of methoxy groups -OCH3 is 1. The molecule has 4 rings (SSSR count). The first-order valence-electron chi connectivity index (χ1n) is 11.8. The molecule has 0 N–H and O–H groups in total. The second-order valence-electron chi connectivity index (χ2n) is 9.10. The topological polar surface area (TPSA) is 70.2 Å². The number of piperidine rings is 1. The molecule has 0 atom stereocenters. The average Bonchev–Trinajstić information content (AvgIpc) is 2.85. The Kier molecular flexibility index (Phi) is 8.16. The van der Waals surface area contributed by atoms with Gasteiger partial charge in [-0.25, -0.2) is 8.42 Å². The first-order chi connectivity index (χ1) is 16.7. The Labute approximate surface area is 217 Å². The molecule has 2 fully saturated rings. The van der Waals surface area contributed by atoms with Gasteiger partial charge in [-0.3, -0.25) is 4.79 Å². The summed E-state index contributed by atoms with van der Waals surface area (Å²) in [6.07, 6.45) is 4.47. The van der Waals surface area contributed by atoms with E-state index in [2.05, 4.69) is 9.80 Å². The Morgan fingerprint density at radius 3 is 2.11 bits per heavy atom. The van der Waals surface area contributed by atoms with Gasteiger partial charge >= 0.3 is 0 Å². The molecule has 0 bridgehead atoms. The normalized spacial score (nSPS) is 17.1. The lowest BCUT2D eigenvalue weighted by atomic mass is 10.1. The molecule has 0 radical (unpaired) electrons. The molecule has 0 unspecified atom stereocenters. The highest BCUT2D eigenvalue weighted by Gasteiger charge is 2.28. The summed E-state index contributed by atoms with van der Waals surface area (Å²) in [7, 11) is -1.83. The fourth-order valence-corrected chi connectivity index (χ4v) is 5.95. The summed E-state index contributed by atoms with van der Waals surface area (Å²) in [6, 6.07) is 8.69. The van der Waals surface area contributed by atoms with Gasteiger partial charge in [0.05, 0.1) is 17.1 Å². The number of hydrogen-bond acceptors (Lipinski definition) is 6. The van der Waals surface area contributed by atoms with E-state index >= 15 is 0 Å². The number of piperazine rings is 1. The highest BCUT2D eigenvalue weighted by molar-refractivity contribution is 7.90. The minimum atomic E-state index is -3.43. The summed E-state index contributed by atoms with van der Waals surface area (Å²) in [4.78, 5) is 20.0. The van der Waals surface area contributed by atoms with Crippen molar-refractivity contribution in [2.24, 2.45) is 0 Å². The van der Waals surface area contributed by atoms with E-state index in [9.17, 15) is 13.2 Å². The highest BCUT2D eigenvalue weighted by atomic mass is 35.5. The van der Waals surface area contributed by atoms with E-state index in [-0.39, 0.29) is 10.8 Å². The molecule has 0 aliphatic carbocycles. The second-order valence-corrected chi connectivity index (χ2v) is 11.9. The van der Waals surface area contributed by atoms with Crippen LogP contribution in [-0.4, -0.2) is 71.9 Å². The Morgan fingerprint density at radius 1 is 0.914 bits per heavy atom. The van der Waals surface area contributed by atoms with Crippen molar-refractivity contribution in [1.82, 2.24) is 4.90 Å². The molecule has 35 heavy (non-hydrogen) atoms. The van der Waals surface area contributed by atoms with E-state index in [1.54, 1.807) is 30.2 Å². The molecule has 2 saturated heterocycles. The van der Waals surface area contributed by atoms with Crippen molar-refractivity contribution in [1.29, 1.82) is 0 Å². The highest BCUT2D eigenvalue weighted by Crippen LogP contribution is 2.33. The van der Waals surface area contributed by atoms with Crippen LogP contribution in [0.25, 0.3) is 0 Å². The largest absolute Gasteiger partial charge is 0.380 e. The van der Waals surface area contributed by atoms with Crippen LogP contribution in [0, 0.1) is 0 Å². The molecule has 2 aromatic rings. The zero-order valence-corrected chi connectivity index (χ0v) is 22.4. The molecule has 190 valence electrons. The number of ether oxygens (including phenoxy) is 1. The van der Waals surface area contributed by atoms with Crippen LogP contribution >= 0.6 is 23.2 Å². The van der Waals surface area contributed by atoms with E-state index in [0.717, 1.165) is 42.9 Å². The van der Waals surface area contributed by atoms with Gasteiger partial charge < -0.3 is 19.4 Å². The van der Waals surface area contributed by atoms with Crippen molar-refractivity contribution in [2.75, 3.05) is 62.4 Å². The Bertz CT molecular complexity index is 1170. The first kappa shape index (κ1) is 26.1. The van der Waals surface area contributed by atoms with Gasteiger partial charge in [-0.05, 0) is 49.6 Å². The van der Waals surface area contributed by atoms with Crippen molar-refractivity contribution >= 4 is 50.3 Å². The maximum absolute atomic E-state index is 13.6. The van der Waals surface area contributed by atoms with Crippen LogP contribution in [0.3, 0.4) is 0 Å². The summed E-state index contributed by atoms with van der Waals surface area (Å²) < 4.78 is 29.6. The molecule has 2 aromatic carbocycles. The molecule has 2 aliphatic rings. The van der Waals surface area contributed by atoms with Crippen molar-refractivity contribution in [3.8, 4) is 0 Å². The van der Waals surface area contributed by atoms with Crippen LogP contribution in [-0.2, 0) is 21.2 Å². The van der Waals surface area contributed by atoms with Crippen molar-refractivity contribution in [3.05, 3.63) is 51.5 Å². The van der Waals surface area contributed by atoms with Gasteiger partial charge in [-0.15, -0.1) is 0 Å². The predicted molar refractivity (Wildman–Crippen MR) is 141 cm³/mol. The summed E-state index contributed by atoms with van der Waals surface area (Å²) in [5.41, 5.74) is 2.93. The summed E-state index contributed by atoms with van der Waals surface area (Å²) in [5.74, 6) is -0.137. The van der Waals surface area contributed by atoms with Gasteiger partial charge in [0.1, 0.15) is 0 Å². The zero-order valence-electron chi connectivity index (χ0n) is 20.1.